The molecule has 3 N–H and O–H groups in total. The van der Waals surface area contributed by atoms with Crippen LogP contribution in [-0.4, -0.2) is 5.11 Å². The Labute approximate surface area is 98.2 Å². The molecule has 12 heavy (non-hydrogen) atoms. The second kappa shape index (κ2) is 4.38. The summed E-state index contributed by atoms with van der Waals surface area (Å²) in [5.41, 5.74) is 6.27. The van der Waals surface area contributed by atoms with Crippen molar-refractivity contribution in [3.8, 4) is 0 Å². The van der Waals surface area contributed by atoms with Crippen LogP contribution in [0.4, 0.5) is 5.69 Å². The number of halogens is 2. The molecule has 0 bridgehead atoms. The first kappa shape index (κ1) is 10.2. The standard InChI is InChI=1S/C7H6BrIN2S/c8-4-1-2-5(9)6(3-4)11-7(10)12/h1-3H,(H3,10,11,12). The van der Waals surface area contributed by atoms with Crippen LogP contribution in [0.1, 0.15) is 0 Å². The normalized spacial score (nSPS) is 9.50. The Morgan fingerprint density at radius 3 is 2.83 bits per heavy atom. The number of benzene rings is 1. The molecule has 0 radical (unpaired) electrons. The zero-order valence-electron chi connectivity index (χ0n) is 5.97. The molecular formula is C7H6BrIN2S. The van der Waals surface area contributed by atoms with Crippen molar-refractivity contribution in [1.29, 1.82) is 0 Å². The van der Waals surface area contributed by atoms with Crippen LogP contribution in [0.15, 0.2) is 22.7 Å². The molecule has 0 aliphatic rings. The summed E-state index contributed by atoms with van der Waals surface area (Å²) >= 11 is 10.3. The van der Waals surface area contributed by atoms with Crippen molar-refractivity contribution in [3.63, 3.8) is 0 Å². The fraction of sp³-hybridized carbons (Fsp3) is 0. The molecule has 0 fully saturated rings. The van der Waals surface area contributed by atoms with Gasteiger partial charge in [-0.25, -0.2) is 0 Å². The Morgan fingerprint density at radius 2 is 2.25 bits per heavy atom. The van der Waals surface area contributed by atoms with Gasteiger partial charge in [-0.15, -0.1) is 0 Å². The molecule has 0 amide bonds. The summed E-state index contributed by atoms with van der Waals surface area (Å²) in [6, 6.07) is 5.87. The minimum absolute atomic E-state index is 0.283. The Bertz CT molecular complexity index is 316. The third-order valence-corrected chi connectivity index (χ3v) is 2.72. The van der Waals surface area contributed by atoms with Crippen LogP contribution in [0.5, 0.6) is 0 Å². The van der Waals surface area contributed by atoms with E-state index >= 15 is 0 Å². The Morgan fingerprint density at radius 1 is 1.58 bits per heavy atom. The number of nitrogens with one attached hydrogen (secondary N) is 1. The molecule has 0 saturated carbocycles. The van der Waals surface area contributed by atoms with E-state index in [0.29, 0.717) is 0 Å². The van der Waals surface area contributed by atoms with Crippen molar-refractivity contribution < 1.29 is 0 Å². The van der Waals surface area contributed by atoms with Gasteiger partial charge in [-0.1, -0.05) is 15.9 Å². The lowest BCUT2D eigenvalue weighted by Gasteiger charge is -2.06. The van der Waals surface area contributed by atoms with E-state index in [-0.39, 0.29) is 5.11 Å². The first-order valence-electron chi connectivity index (χ1n) is 3.11. The van der Waals surface area contributed by atoms with Gasteiger partial charge < -0.3 is 11.1 Å². The minimum atomic E-state index is 0.283. The van der Waals surface area contributed by atoms with Crippen molar-refractivity contribution in [2.45, 2.75) is 0 Å². The summed E-state index contributed by atoms with van der Waals surface area (Å²) in [6.07, 6.45) is 0. The lowest BCUT2D eigenvalue weighted by atomic mass is 10.3. The zero-order valence-corrected chi connectivity index (χ0v) is 10.5. The molecule has 5 heteroatoms. The molecule has 2 nitrogen and oxygen atoms in total. The number of anilines is 1. The summed E-state index contributed by atoms with van der Waals surface area (Å²) in [4.78, 5) is 0. The van der Waals surface area contributed by atoms with Gasteiger partial charge >= 0.3 is 0 Å². The van der Waals surface area contributed by atoms with Gasteiger partial charge in [-0.3, -0.25) is 0 Å². The molecule has 0 heterocycles. The van der Waals surface area contributed by atoms with Gasteiger partial charge in [0.25, 0.3) is 0 Å². The highest BCUT2D eigenvalue weighted by Crippen LogP contribution is 2.22. The van der Waals surface area contributed by atoms with Crippen LogP contribution in [-0.2, 0) is 0 Å². The van der Waals surface area contributed by atoms with Crippen LogP contribution in [0, 0.1) is 3.57 Å². The van der Waals surface area contributed by atoms with Crippen LogP contribution >= 0.6 is 50.7 Å². The van der Waals surface area contributed by atoms with Gasteiger partial charge in [0.15, 0.2) is 5.11 Å². The third kappa shape index (κ3) is 2.87. The fourth-order valence-electron chi connectivity index (χ4n) is 0.726. The molecule has 0 atom stereocenters. The van der Waals surface area contributed by atoms with Crippen LogP contribution < -0.4 is 11.1 Å². The van der Waals surface area contributed by atoms with E-state index in [9.17, 15) is 0 Å². The number of thiocarbonyl (C=S) groups is 1. The Balaban J connectivity index is 2.97. The Kier molecular flexibility index (Phi) is 3.73. The SMILES string of the molecule is NC(=S)Nc1cc(Br)ccc1I. The van der Waals surface area contributed by atoms with Gasteiger partial charge in [0.05, 0.1) is 5.69 Å². The fourth-order valence-corrected chi connectivity index (χ4v) is 1.67. The van der Waals surface area contributed by atoms with Crippen LogP contribution in [0.3, 0.4) is 0 Å². The molecular weight excluding hydrogens is 351 g/mol. The van der Waals surface area contributed by atoms with E-state index in [0.717, 1.165) is 13.7 Å². The number of hydrogen-bond donors (Lipinski definition) is 2. The largest absolute Gasteiger partial charge is 0.376 e. The number of nitrogens with two attached hydrogens (primary N) is 1. The maximum absolute atomic E-state index is 5.35. The van der Waals surface area contributed by atoms with Crippen molar-refractivity contribution in [3.05, 3.63) is 26.2 Å². The lowest BCUT2D eigenvalue weighted by Crippen LogP contribution is -2.19. The maximum Gasteiger partial charge on any atom is 0.168 e. The first-order chi connectivity index (χ1) is 5.59. The maximum atomic E-state index is 5.35. The molecule has 0 aliphatic heterocycles. The lowest BCUT2D eigenvalue weighted by molar-refractivity contribution is 1.54. The summed E-state index contributed by atoms with van der Waals surface area (Å²) in [5, 5.41) is 3.17. The smallest absolute Gasteiger partial charge is 0.168 e. The topological polar surface area (TPSA) is 38.0 Å². The van der Waals surface area contributed by atoms with Gasteiger partial charge in [-0.2, -0.15) is 0 Å². The molecule has 0 unspecified atom stereocenters. The van der Waals surface area contributed by atoms with E-state index in [1.807, 2.05) is 18.2 Å². The summed E-state index contributed by atoms with van der Waals surface area (Å²) < 4.78 is 2.09. The quantitative estimate of drug-likeness (QED) is 0.600. The average Bonchev–Trinajstić information content (AvgIpc) is 1.96. The van der Waals surface area contributed by atoms with Gasteiger partial charge in [0.2, 0.25) is 0 Å². The highest BCUT2D eigenvalue weighted by molar-refractivity contribution is 14.1. The highest BCUT2D eigenvalue weighted by atomic mass is 127. The third-order valence-electron chi connectivity index (χ3n) is 1.19. The molecule has 0 aliphatic carbocycles. The molecule has 1 rings (SSSR count). The molecule has 0 saturated heterocycles. The van der Waals surface area contributed by atoms with Crippen LogP contribution in [0.25, 0.3) is 0 Å². The van der Waals surface area contributed by atoms with E-state index in [1.165, 1.54) is 0 Å². The van der Waals surface area contributed by atoms with Gasteiger partial charge in [0.1, 0.15) is 0 Å². The first-order valence-corrected chi connectivity index (χ1v) is 5.39. The van der Waals surface area contributed by atoms with Crippen molar-refractivity contribution in [2.24, 2.45) is 5.73 Å². The second-order valence-electron chi connectivity index (χ2n) is 2.11. The summed E-state index contributed by atoms with van der Waals surface area (Å²) in [7, 11) is 0. The van der Waals surface area contributed by atoms with E-state index in [4.69, 9.17) is 18.0 Å². The van der Waals surface area contributed by atoms with E-state index in [2.05, 4.69) is 43.8 Å². The molecule has 0 spiro atoms. The van der Waals surface area contributed by atoms with E-state index < -0.39 is 0 Å². The minimum Gasteiger partial charge on any atom is -0.376 e. The predicted octanol–water partition coefficient (Wildman–Crippen LogP) is 2.71. The van der Waals surface area contributed by atoms with Crippen molar-refractivity contribution >= 4 is 61.5 Å². The molecule has 64 valence electrons. The Hall–Kier alpha value is 0.120. The predicted molar refractivity (Wildman–Crippen MR) is 67.3 cm³/mol. The zero-order chi connectivity index (χ0) is 9.14. The van der Waals surface area contributed by atoms with Gasteiger partial charge in [0, 0.05) is 8.04 Å². The summed E-state index contributed by atoms with van der Waals surface area (Å²) in [6.45, 7) is 0. The monoisotopic (exact) mass is 356 g/mol. The van der Waals surface area contributed by atoms with Crippen molar-refractivity contribution in [2.75, 3.05) is 5.32 Å². The molecule has 1 aromatic carbocycles. The number of hydrogen-bond acceptors (Lipinski definition) is 1. The van der Waals surface area contributed by atoms with Gasteiger partial charge in [-0.05, 0) is 53.0 Å². The highest BCUT2D eigenvalue weighted by Gasteiger charge is 1.99. The van der Waals surface area contributed by atoms with Crippen molar-refractivity contribution in [1.82, 2.24) is 0 Å². The number of rotatable bonds is 1. The average molecular weight is 357 g/mol. The summed E-state index contributed by atoms with van der Waals surface area (Å²) in [5.74, 6) is 0. The van der Waals surface area contributed by atoms with E-state index in [1.54, 1.807) is 0 Å². The molecule has 0 aromatic heterocycles. The molecule has 1 aromatic rings. The second-order valence-corrected chi connectivity index (χ2v) is 4.63. The van der Waals surface area contributed by atoms with Crippen LogP contribution in [0.2, 0.25) is 0 Å².